The molecule has 0 saturated heterocycles. The van der Waals surface area contributed by atoms with Crippen molar-refractivity contribution >= 4 is 40.0 Å². The molecule has 1 N–H and O–H groups in total. The lowest BCUT2D eigenvalue weighted by Crippen LogP contribution is -2.35. The minimum absolute atomic E-state index is 0.0956. The Morgan fingerprint density at radius 1 is 1.26 bits per heavy atom. The van der Waals surface area contributed by atoms with Crippen LogP contribution in [0.2, 0.25) is 0 Å². The zero-order chi connectivity index (χ0) is 18.6. The van der Waals surface area contributed by atoms with Crippen molar-refractivity contribution < 1.29 is 9.59 Å². The Morgan fingerprint density at radius 3 is 2.81 bits per heavy atom. The molecule has 142 valence electrons. The van der Waals surface area contributed by atoms with E-state index in [-0.39, 0.29) is 17.7 Å². The molecule has 0 unspecified atom stereocenters. The number of aromatic nitrogens is 1. The molecule has 1 aromatic heterocycles. The quantitative estimate of drug-likeness (QED) is 0.745. The molecule has 2 aliphatic rings. The highest BCUT2D eigenvalue weighted by Gasteiger charge is 2.28. The second-order valence-corrected chi connectivity index (χ2v) is 9.23. The summed E-state index contributed by atoms with van der Waals surface area (Å²) in [5.74, 6) is 1.24. The second kappa shape index (κ2) is 8.44. The van der Waals surface area contributed by atoms with Gasteiger partial charge in [-0.05, 0) is 25.0 Å². The molecule has 4 rings (SSSR count). The van der Waals surface area contributed by atoms with Crippen molar-refractivity contribution in [3.63, 3.8) is 0 Å². The summed E-state index contributed by atoms with van der Waals surface area (Å²) in [6.07, 6.45) is 4.42. The number of carbonyl (C=O) groups excluding carboxylic acids is 2. The Balaban J connectivity index is 1.28. The average Bonchev–Trinajstić information content (AvgIpc) is 3.02. The van der Waals surface area contributed by atoms with Crippen LogP contribution in [-0.4, -0.2) is 34.0 Å². The summed E-state index contributed by atoms with van der Waals surface area (Å²) >= 11 is 3.23. The van der Waals surface area contributed by atoms with Gasteiger partial charge in [0, 0.05) is 40.8 Å². The first-order valence-corrected chi connectivity index (χ1v) is 11.2. The fraction of sp³-hybridized carbons (Fsp3) is 0.450. The molecular formula is C20H23N3O2S2. The molecule has 5 nitrogen and oxygen atoms in total. The van der Waals surface area contributed by atoms with Crippen molar-refractivity contribution in [1.29, 1.82) is 0 Å². The van der Waals surface area contributed by atoms with Gasteiger partial charge in [-0.3, -0.25) is 9.59 Å². The minimum Gasteiger partial charge on any atom is -0.337 e. The van der Waals surface area contributed by atoms with Gasteiger partial charge in [0.1, 0.15) is 0 Å². The van der Waals surface area contributed by atoms with Crippen LogP contribution < -0.4 is 5.32 Å². The molecule has 27 heavy (non-hydrogen) atoms. The number of hydrogen-bond donors (Lipinski definition) is 1. The van der Waals surface area contributed by atoms with E-state index >= 15 is 0 Å². The molecule has 1 fully saturated rings. The number of anilines is 1. The predicted molar refractivity (Wildman–Crippen MR) is 109 cm³/mol. The second-order valence-electron chi connectivity index (χ2n) is 6.98. The third kappa shape index (κ3) is 4.52. The first-order chi connectivity index (χ1) is 13.2. The summed E-state index contributed by atoms with van der Waals surface area (Å²) in [4.78, 5) is 33.4. The van der Waals surface area contributed by atoms with E-state index in [4.69, 9.17) is 0 Å². The molecule has 0 bridgehead atoms. The van der Waals surface area contributed by atoms with Crippen molar-refractivity contribution in [2.75, 3.05) is 17.6 Å². The van der Waals surface area contributed by atoms with Gasteiger partial charge in [0.05, 0.1) is 12.2 Å². The highest BCUT2D eigenvalue weighted by atomic mass is 32.2. The first-order valence-electron chi connectivity index (χ1n) is 9.44. The molecule has 1 saturated carbocycles. The fourth-order valence-electron chi connectivity index (χ4n) is 3.27. The van der Waals surface area contributed by atoms with Crippen LogP contribution in [0.3, 0.4) is 0 Å². The number of carbonyl (C=O) groups is 2. The average molecular weight is 402 g/mol. The fourth-order valence-corrected chi connectivity index (χ4v) is 5.16. The minimum atomic E-state index is 0.0956. The number of fused-ring (bicyclic) bond motifs is 1. The lowest BCUT2D eigenvalue weighted by molar-refractivity contribution is -0.131. The predicted octanol–water partition coefficient (Wildman–Crippen LogP) is 3.95. The number of thiazole rings is 1. The van der Waals surface area contributed by atoms with E-state index in [2.05, 4.69) is 22.4 Å². The SMILES string of the molecule is O=C(Nc1nc2c(s1)CN(C(=O)CCSc1ccccc1)CC2)C1CCC1. The van der Waals surface area contributed by atoms with E-state index in [0.717, 1.165) is 42.0 Å². The van der Waals surface area contributed by atoms with Crippen LogP contribution in [0.25, 0.3) is 0 Å². The molecule has 0 spiro atoms. The summed E-state index contributed by atoms with van der Waals surface area (Å²) in [5.41, 5.74) is 1.03. The third-order valence-corrected chi connectivity index (χ3v) is 7.13. The molecule has 0 atom stereocenters. The number of nitrogens with one attached hydrogen (secondary N) is 1. The van der Waals surface area contributed by atoms with Gasteiger partial charge in [0.25, 0.3) is 0 Å². The maximum absolute atomic E-state index is 12.5. The zero-order valence-corrected chi connectivity index (χ0v) is 16.8. The standard InChI is InChI=1S/C20H23N3O2S2/c24-18(10-12-26-15-7-2-1-3-8-15)23-11-9-16-17(13-23)27-20(21-16)22-19(25)14-5-4-6-14/h1-3,7-8,14H,4-6,9-13H2,(H,21,22,25). The van der Waals surface area contributed by atoms with Gasteiger partial charge < -0.3 is 10.2 Å². The summed E-state index contributed by atoms with van der Waals surface area (Å²) in [7, 11) is 0. The maximum atomic E-state index is 12.5. The van der Waals surface area contributed by atoms with Crippen molar-refractivity contribution in [1.82, 2.24) is 9.88 Å². The van der Waals surface area contributed by atoms with Crippen LogP contribution in [0.1, 0.15) is 36.3 Å². The molecule has 0 radical (unpaired) electrons. The van der Waals surface area contributed by atoms with E-state index in [9.17, 15) is 9.59 Å². The number of hydrogen-bond acceptors (Lipinski definition) is 5. The Hall–Kier alpha value is -1.86. The molecule has 1 aromatic carbocycles. The zero-order valence-electron chi connectivity index (χ0n) is 15.1. The lowest BCUT2D eigenvalue weighted by Gasteiger charge is -2.26. The molecule has 2 amide bonds. The Labute approximate surface area is 167 Å². The van der Waals surface area contributed by atoms with Gasteiger partial charge in [-0.25, -0.2) is 4.98 Å². The maximum Gasteiger partial charge on any atom is 0.229 e. The first kappa shape index (κ1) is 18.5. The third-order valence-electron chi connectivity index (χ3n) is 5.12. The van der Waals surface area contributed by atoms with Crippen LogP contribution in [0.4, 0.5) is 5.13 Å². The van der Waals surface area contributed by atoms with Crippen molar-refractivity contribution in [2.24, 2.45) is 5.92 Å². The molecule has 1 aliphatic heterocycles. The molecular weight excluding hydrogens is 378 g/mol. The number of rotatable bonds is 6. The van der Waals surface area contributed by atoms with Gasteiger partial charge >= 0.3 is 0 Å². The van der Waals surface area contributed by atoms with Crippen LogP contribution in [0.5, 0.6) is 0 Å². The Kier molecular flexibility index (Phi) is 5.78. The van der Waals surface area contributed by atoms with Gasteiger partial charge in [-0.1, -0.05) is 36.0 Å². The van der Waals surface area contributed by atoms with E-state index in [0.29, 0.717) is 24.6 Å². The number of benzene rings is 1. The molecule has 2 aromatic rings. The van der Waals surface area contributed by atoms with E-state index in [1.54, 1.807) is 11.8 Å². The van der Waals surface area contributed by atoms with E-state index in [1.807, 2.05) is 23.1 Å². The highest BCUT2D eigenvalue weighted by Crippen LogP contribution is 2.31. The highest BCUT2D eigenvalue weighted by molar-refractivity contribution is 7.99. The van der Waals surface area contributed by atoms with Crippen LogP contribution in [-0.2, 0) is 22.6 Å². The molecule has 1 aliphatic carbocycles. The normalized spacial score (nSPS) is 16.5. The Morgan fingerprint density at radius 2 is 2.07 bits per heavy atom. The van der Waals surface area contributed by atoms with Crippen LogP contribution in [0.15, 0.2) is 35.2 Å². The van der Waals surface area contributed by atoms with E-state index < -0.39 is 0 Å². The van der Waals surface area contributed by atoms with Crippen LogP contribution in [0, 0.1) is 5.92 Å². The van der Waals surface area contributed by atoms with Gasteiger partial charge in [-0.2, -0.15) is 0 Å². The number of nitrogens with zero attached hydrogens (tertiary/aromatic N) is 2. The summed E-state index contributed by atoms with van der Waals surface area (Å²) in [6, 6.07) is 10.2. The van der Waals surface area contributed by atoms with Crippen molar-refractivity contribution in [2.45, 2.75) is 43.5 Å². The Bertz CT molecular complexity index is 818. The van der Waals surface area contributed by atoms with Gasteiger partial charge in [0.15, 0.2) is 5.13 Å². The number of thioether (sulfide) groups is 1. The summed E-state index contributed by atoms with van der Waals surface area (Å²) < 4.78 is 0. The van der Waals surface area contributed by atoms with Gasteiger partial charge in [0.2, 0.25) is 11.8 Å². The number of amides is 2. The lowest BCUT2D eigenvalue weighted by atomic mass is 9.85. The smallest absolute Gasteiger partial charge is 0.229 e. The van der Waals surface area contributed by atoms with E-state index in [1.165, 1.54) is 16.2 Å². The van der Waals surface area contributed by atoms with Crippen LogP contribution >= 0.6 is 23.1 Å². The summed E-state index contributed by atoms with van der Waals surface area (Å²) in [5, 5.41) is 3.65. The molecule has 2 heterocycles. The molecule has 7 heteroatoms. The largest absolute Gasteiger partial charge is 0.337 e. The van der Waals surface area contributed by atoms with Crippen molar-refractivity contribution in [3.05, 3.63) is 40.9 Å². The monoisotopic (exact) mass is 401 g/mol. The summed E-state index contributed by atoms with van der Waals surface area (Å²) in [6.45, 7) is 1.32. The topological polar surface area (TPSA) is 62.3 Å². The van der Waals surface area contributed by atoms with Crippen molar-refractivity contribution in [3.8, 4) is 0 Å². The van der Waals surface area contributed by atoms with Gasteiger partial charge in [-0.15, -0.1) is 11.8 Å².